The minimum absolute atomic E-state index is 0.0526. The first-order valence-electron chi connectivity index (χ1n) is 9.11. The highest BCUT2D eigenvalue weighted by molar-refractivity contribution is 7.97. The second-order valence-corrected chi connectivity index (χ2v) is 8.34. The van der Waals surface area contributed by atoms with Gasteiger partial charge in [-0.05, 0) is 38.8 Å². The van der Waals surface area contributed by atoms with Gasteiger partial charge in [-0.3, -0.25) is 0 Å². The van der Waals surface area contributed by atoms with E-state index in [0.29, 0.717) is 0 Å². The van der Waals surface area contributed by atoms with E-state index in [-0.39, 0.29) is 5.16 Å². The van der Waals surface area contributed by atoms with E-state index in [2.05, 4.69) is 69.3 Å². The summed E-state index contributed by atoms with van der Waals surface area (Å²) >= 11 is 5.69. The Labute approximate surface area is 154 Å². The third kappa shape index (κ3) is 4.74. The molecule has 0 atom stereocenters. The normalized spacial score (nSPS) is 11.8. The van der Waals surface area contributed by atoms with Crippen molar-refractivity contribution in [3.63, 3.8) is 0 Å². The molecule has 0 fully saturated rings. The summed E-state index contributed by atoms with van der Waals surface area (Å²) in [6, 6.07) is 18.0. The molecule has 0 radical (unpaired) electrons. The van der Waals surface area contributed by atoms with Gasteiger partial charge in [-0.15, -0.1) is 0 Å². The highest BCUT2D eigenvalue weighted by Gasteiger charge is 2.32. The maximum atomic E-state index is 5.69. The molecule has 0 saturated heterocycles. The second-order valence-electron chi connectivity index (χ2n) is 6.85. The maximum absolute atomic E-state index is 5.69. The van der Waals surface area contributed by atoms with E-state index in [0.717, 1.165) is 13.8 Å². The molecule has 0 heterocycles. The SMILES string of the molecule is CCCCCCCC(P=S)(c1ccc(C)cc1)c1ccc(C)cc1. The molecule has 0 aromatic heterocycles. The summed E-state index contributed by atoms with van der Waals surface area (Å²) in [5.41, 5.74) is 5.34. The van der Waals surface area contributed by atoms with Gasteiger partial charge in [-0.1, -0.05) is 110 Å². The Morgan fingerprint density at radius 2 is 1.21 bits per heavy atom. The van der Waals surface area contributed by atoms with Gasteiger partial charge < -0.3 is 0 Å². The zero-order valence-corrected chi connectivity index (χ0v) is 16.9. The molecule has 0 aliphatic heterocycles. The molecule has 0 nitrogen and oxygen atoms in total. The van der Waals surface area contributed by atoms with Crippen LogP contribution < -0.4 is 0 Å². The maximum Gasteiger partial charge on any atom is 0.0722 e. The number of aryl methyl sites for hydroxylation is 2. The monoisotopic (exact) mass is 356 g/mol. The number of unbranched alkanes of at least 4 members (excludes halogenated alkanes) is 4. The first-order chi connectivity index (χ1) is 11.6. The van der Waals surface area contributed by atoms with Crippen LogP contribution in [0.5, 0.6) is 0 Å². The molecular weight excluding hydrogens is 327 g/mol. The Morgan fingerprint density at radius 1 is 0.750 bits per heavy atom. The van der Waals surface area contributed by atoms with Crippen LogP contribution in [0.3, 0.4) is 0 Å². The van der Waals surface area contributed by atoms with E-state index < -0.39 is 0 Å². The minimum atomic E-state index is -0.0526. The van der Waals surface area contributed by atoms with Gasteiger partial charge in [-0.2, -0.15) is 0 Å². The first-order valence-corrected chi connectivity index (χ1v) is 11.0. The van der Waals surface area contributed by atoms with Crippen molar-refractivity contribution in [3.8, 4) is 0 Å². The number of hydrogen-bond acceptors (Lipinski definition) is 1. The lowest BCUT2D eigenvalue weighted by atomic mass is 9.85. The molecule has 0 amide bonds. The van der Waals surface area contributed by atoms with Gasteiger partial charge in [0.25, 0.3) is 0 Å². The van der Waals surface area contributed by atoms with E-state index >= 15 is 0 Å². The van der Waals surface area contributed by atoms with Crippen molar-refractivity contribution in [2.24, 2.45) is 0 Å². The quantitative estimate of drug-likeness (QED) is 0.335. The van der Waals surface area contributed by atoms with Crippen molar-refractivity contribution in [2.75, 3.05) is 0 Å². The average molecular weight is 357 g/mol. The summed E-state index contributed by atoms with van der Waals surface area (Å²) < 4.78 is 0. The van der Waals surface area contributed by atoms with Gasteiger partial charge in [0.2, 0.25) is 0 Å². The van der Waals surface area contributed by atoms with E-state index in [1.54, 1.807) is 0 Å². The summed E-state index contributed by atoms with van der Waals surface area (Å²) in [7, 11) is 1.02. The van der Waals surface area contributed by atoms with Crippen LogP contribution in [0.4, 0.5) is 0 Å². The predicted molar refractivity (Wildman–Crippen MR) is 111 cm³/mol. The van der Waals surface area contributed by atoms with Crippen molar-refractivity contribution in [3.05, 3.63) is 70.8 Å². The standard InChI is InChI=1S/C22H29PS/c1-4-5-6-7-8-17-22(23-24,20-13-9-18(2)10-14-20)21-15-11-19(3)12-16-21/h9-16H,4-8,17H2,1-3H3. The van der Waals surface area contributed by atoms with Gasteiger partial charge in [0.1, 0.15) is 0 Å². The van der Waals surface area contributed by atoms with Crippen LogP contribution in [0, 0.1) is 13.8 Å². The predicted octanol–water partition coefficient (Wildman–Crippen LogP) is 7.32. The highest BCUT2D eigenvalue weighted by Crippen LogP contribution is 2.46. The fraction of sp³-hybridized carbons (Fsp3) is 0.455. The van der Waals surface area contributed by atoms with E-state index in [1.807, 2.05) is 0 Å². The van der Waals surface area contributed by atoms with Crippen LogP contribution in [-0.2, 0) is 17.0 Å². The van der Waals surface area contributed by atoms with Gasteiger partial charge >= 0.3 is 0 Å². The number of hydrogen-bond donors (Lipinski definition) is 0. The summed E-state index contributed by atoms with van der Waals surface area (Å²) in [5.74, 6) is 0. The summed E-state index contributed by atoms with van der Waals surface area (Å²) in [6.45, 7) is 6.56. The molecule has 0 aliphatic rings. The summed E-state index contributed by atoms with van der Waals surface area (Å²) in [6.07, 6.45) is 7.65. The zero-order chi connectivity index (χ0) is 17.4. The minimum Gasteiger partial charge on any atom is -0.0654 e. The average Bonchev–Trinajstić information content (AvgIpc) is 2.60. The largest absolute Gasteiger partial charge is 0.0722 e. The Kier molecular flexibility index (Phi) is 7.59. The van der Waals surface area contributed by atoms with E-state index in [9.17, 15) is 0 Å². The molecule has 0 spiro atoms. The van der Waals surface area contributed by atoms with E-state index in [1.165, 1.54) is 54.4 Å². The number of benzene rings is 2. The molecular formula is C22H29PS. The first kappa shape index (κ1) is 19.3. The smallest absolute Gasteiger partial charge is 0.0654 e. The van der Waals surface area contributed by atoms with Gasteiger partial charge in [-0.25, -0.2) is 0 Å². The van der Waals surface area contributed by atoms with Crippen molar-refractivity contribution < 1.29 is 0 Å². The van der Waals surface area contributed by atoms with Crippen LogP contribution in [0.15, 0.2) is 48.5 Å². The third-order valence-electron chi connectivity index (χ3n) is 4.86. The Balaban J connectivity index is 2.32. The topological polar surface area (TPSA) is 0 Å². The third-order valence-corrected chi connectivity index (χ3v) is 6.84. The van der Waals surface area contributed by atoms with Crippen molar-refractivity contribution in [2.45, 2.75) is 64.5 Å². The van der Waals surface area contributed by atoms with Gasteiger partial charge in [0.15, 0.2) is 0 Å². The van der Waals surface area contributed by atoms with Crippen LogP contribution in [0.2, 0.25) is 0 Å². The molecule has 0 bridgehead atoms. The molecule has 0 saturated carbocycles. The Hall–Kier alpha value is -1.04. The van der Waals surface area contributed by atoms with Crippen molar-refractivity contribution in [1.82, 2.24) is 0 Å². The van der Waals surface area contributed by atoms with E-state index in [4.69, 9.17) is 11.8 Å². The van der Waals surface area contributed by atoms with Crippen LogP contribution in [-0.4, -0.2) is 0 Å². The van der Waals surface area contributed by atoms with Crippen LogP contribution in [0.1, 0.15) is 67.7 Å². The molecule has 128 valence electrons. The molecule has 2 rings (SSSR count). The highest BCUT2D eigenvalue weighted by atomic mass is 32.4. The lowest BCUT2D eigenvalue weighted by molar-refractivity contribution is 0.556. The van der Waals surface area contributed by atoms with Crippen molar-refractivity contribution >= 4 is 19.2 Å². The summed E-state index contributed by atoms with van der Waals surface area (Å²) in [4.78, 5) is 0. The molecule has 0 N–H and O–H groups in total. The second kappa shape index (κ2) is 9.44. The molecule has 0 unspecified atom stereocenters. The molecule has 0 aliphatic carbocycles. The molecule has 2 aromatic rings. The number of rotatable bonds is 9. The Bertz CT molecular complexity index is 583. The summed E-state index contributed by atoms with van der Waals surface area (Å²) in [5, 5.41) is -0.0526. The molecule has 2 aromatic carbocycles. The Morgan fingerprint density at radius 3 is 1.62 bits per heavy atom. The lowest BCUT2D eigenvalue weighted by Gasteiger charge is -2.31. The van der Waals surface area contributed by atoms with Crippen LogP contribution >= 0.6 is 7.36 Å². The van der Waals surface area contributed by atoms with Crippen molar-refractivity contribution in [1.29, 1.82) is 0 Å². The molecule has 24 heavy (non-hydrogen) atoms. The fourth-order valence-electron chi connectivity index (χ4n) is 3.25. The fourth-order valence-corrected chi connectivity index (χ4v) is 4.91. The van der Waals surface area contributed by atoms with Gasteiger partial charge in [0.05, 0.1) is 5.16 Å². The lowest BCUT2D eigenvalue weighted by Crippen LogP contribution is -2.21. The molecule has 2 heteroatoms. The van der Waals surface area contributed by atoms with Crippen LogP contribution in [0.25, 0.3) is 0 Å². The zero-order valence-electron chi connectivity index (χ0n) is 15.2. The van der Waals surface area contributed by atoms with Gasteiger partial charge in [0, 0.05) is 0 Å².